The highest BCUT2D eigenvalue weighted by molar-refractivity contribution is 5.70. The molecule has 0 aromatic carbocycles. The van der Waals surface area contributed by atoms with Gasteiger partial charge < -0.3 is 33.3 Å². The zero-order valence-electron chi connectivity index (χ0n) is 53.0. The fourth-order valence-electron chi connectivity index (χ4n) is 10.1. The van der Waals surface area contributed by atoms with Crippen LogP contribution in [0.25, 0.3) is 0 Å². The Bertz CT molecular complexity index is 1390. The maximum absolute atomic E-state index is 12.9. The molecule has 464 valence electrons. The third-order valence-corrected chi connectivity index (χ3v) is 15.4. The number of aliphatic carboxylic acids is 1. The molecule has 9 nitrogen and oxygen atoms in total. The van der Waals surface area contributed by atoms with E-state index in [0.29, 0.717) is 11.0 Å². The molecule has 79 heavy (non-hydrogen) atoms. The van der Waals surface area contributed by atoms with Gasteiger partial charge in [-0.2, -0.15) is 0 Å². The lowest BCUT2D eigenvalue weighted by Gasteiger charge is -2.26. The number of carbonyl (C=O) groups is 3. The van der Waals surface area contributed by atoms with Gasteiger partial charge in [0.15, 0.2) is 12.4 Å². The summed E-state index contributed by atoms with van der Waals surface area (Å²) < 4.78 is 22.7. The van der Waals surface area contributed by atoms with Crippen LogP contribution >= 0.6 is 0 Å². The van der Waals surface area contributed by atoms with Crippen molar-refractivity contribution in [1.29, 1.82) is 0 Å². The molecule has 0 spiro atoms. The molecule has 0 bridgehead atoms. The third-order valence-electron chi connectivity index (χ3n) is 15.4. The van der Waals surface area contributed by atoms with E-state index in [9.17, 15) is 19.5 Å². The molecular formula is C70H131NO8. The first-order valence-electron chi connectivity index (χ1n) is 34.1. The van der Waals surface area contributed by atoms with Crippen molar-refractivity contribution in [1.82, 2.24) is 0 Å². The molecule has 0 saturated carbocycles. The summed E-state index contributed by atoms with van der Waals surface area (Å²) in [7, 11) is 5.93. The predicted octanol–water partition coefficient (Wildman–Crippen LogP) is 19.5. The Morgan fingerprint density at radius 1 is 0.380 bits per heavy atom. The molecule has 0 aliphatic heterocycles. The number of carboxylic acid groups (broad SMARTS) is 1. The van der Waals surface area contributed by atoms with Gasteiger partial charge in [0.05, 0.1) is 40.3 Å². The number of allylic oxidation sites excluding steroid dienone is 6. The van der Waals surface area contributed by atoms with E-state index in [4.69, 9.17) is 18.9 Å². The van der Waals surface area contributed by atoms with Gasteiger partial charge in [-0.15, -0.1) is 0 Å². The maximum Gasteiger partial charge on any atom is 0.306 e. The van der Waals surface area contributed by atoms with Crippen LogP contribution in [0.4, 0.5) is 0 Å². The minimum atomic E-state index is -1.62. The van der Waals surface area contributed by atoms with Gasteiger partial charge >= 0.3 is 11.9 Å². The van der Waals surface area contributed by atoms with Crippen LogP contribution in [0.2, 0.25) is 0 Å². The number of quaternary nitrogens is 1. The number of rotatable bonds is 64. The highest BCUT2D eigenvalue weighted by Crippen LogP contribution is 2.18. The van der Waals surface area contributed by atoms with Crippen LogP contribution in [0.15, 0.2) is 36.5 Å². The smallest absolute Gasteiger partial charge is 0.306 e. The number of carbonyl (C=O) groups excluding carboxylic acids is 3. The second-order valence-corrected chi connectivity index (χ2v) is 24.5. The fourth-order valence-corrected chi connectivity index (χ4v) is 10.1. The van der Waals surface area contributed by atoms with Gasteiger partial charge in [0.25, 0.3) is 0 Å². The first kappa shape index (κ1) is 76.5. The molecular weight excluding hydrogens is 983 g/mol. The summed E-state index contributed by atoms with van der Waals surface area (Å²) in [5.41, 5.74) is 0. The number of nitrogens with zero attached hydrogens (tertiary/aromatic N) is 1. The molecule has 0 rings (SSSR count). The van der Waals surface area contributed by atoms with E-state index >= 15 is 0 Å². The molecule has 0 fully saturated rings. The summed E-state index contributed by atoms with van der Waals surface area (Å²) in [6, 6.07) is 0. The average Bonchev–Trinajstić information content (AvgIpc) is 3.42. The number of ether oxygens (including phenoxy) is 4. The van der Waals surface area contributed by atoms with Gasteiger partial charge in [0, 0.05) is 12.8 Å². The topological polar surface area (TPSA) is 111 Å². The normalized spacial score (nSPS) is 12.9. The van der Waals surface area contributed by atoms with Crippen LogP contribution in [0.3, 0.4) is 0 Å². The van der Waals surface area contributed by atoms with Crippen molar-refractivity contribution in [2.24, 2.45) is 0 Å². The van der Waals surface area contributed by atoms with Crippen molar-refractivity contribution >= 4 is 17.9 Å². The molecule has 0 aromatic rings. The van der Waals surface area contributed by atoms with Crippen LogP contribution in [0.1, 0.15) is 335 Å². The van der Waals surface area contributed by atoms with Crippen LogP contribution in [0.5, 0.6) is 0 Å². The highest BCUT2D eigenvalue weighted by atomic mass is 16.7. The van der Waals surface area contributed by atoms with Gasteiger partial charge in [0.2, 0.25) is 0 Å². The van der Waals surface area contributed by atoms with E-state index in [0.717, 1.165) is 64.2 Å². The first-order chi connectivity index (χ1) is 38.6. The standard InChI is InChI=1S/C70H131NO8/c1-6-8-10-12-14-16-18-20-22-23-24-25-26-27-28-29-30-31-32-33-34-35-36-37-38-39-40-41-42-43-44-45-47-49-51-53-55-57-59-61-68(73)79-66(65-78-70(69(74)75)76-63-62-71(3,4)5)64-77-67(72)60-58-56-54-52-50-48-46-21-19-17-15-13-11-9-7-2/h18,20-21,23-24,46,66,70H,6-17,19,22,25-45,47-65H2,1-5H3/b20-18-,24-23-,46-21-. The minimum absolute atomic E-state index is 0.149. The Balaban J connectivity index is 3.93. The van der Waals surface area contributed by atoms with Gasteiger partial charge in [-0.3, -0.25) is 9.59 Å². The van der Waals surface area contributed by atoms with Crippen molar-refractivity contribution in [3.63, 3.8) is 0 Å². The molecule has 0 heterocycles. The zero-order valence-corrected chi connectivity index (χ0v) is 53.0. The number of esters is 2. The molecule has 0 aliphatic rings. The van der Waals surface area contributed by atoms with Crippen molar-refractivity contribution in [2.45, 2.75) is 347 Å². The van der Waals surface area contributed by atoms with E-state index in [2.05, 4.69) is 50.3 Å². The molecule has 0 aliphatic carbocycles. The summed E-state index contributed by atoms with van der Waals surface area (Å²) >= 11 is 0. The van der Waals surface area contributed by atoms with Crippen LogP contribution in [0, 0.1) is 0 Å². The van der Waals surface area contributed by atoms with Crippen LogP contribution in [-0.4, -0.2) is 82.3 Å². The van der Waals surface area contributed by atoms with Gasteiger partial charge in [-0.05, 0) is 70.6 Å². The Labute approximate surface area is 490 Å². The summed E-state index contributed by atoms with van der Waals surface area (Å²) in [6.07, 6.45) is 73.9. The van der Waals surface area contributed by atoms with E-state index in [1.54, 1.807) is 0 Å². The molecule has 0 radical (unpaired) electrons. The van der Waals surface area contributed by atoms with Gasteiger partial charge in [0.1, 0.15) is 13.2 Å². The lowest BCUT2D eigenvalue weighted by molar-refractivity contribution is -0.870. The van der Waals surface area contributed by atoms with E-state index in [-0.39, 0.29) is 38.6 Å². The Morgan fingerprint density at radius 3 is 1.01 bits per heavy atom. The average molecular weight is 1110 g/mol. The third kappa shape index (κ3) is 63.0. The Kier molecular flexibility index (Phi) is 59.6. The molecule has 0 aromatic heterocycles. The lowest BCUT2D eigenvalue weighted by atomic mass is 10.0. The number of hydrogen-bond acceptors (Lipinski definition) is 8. The van der Waals surface area contributed by atoms with Crippen molar-refractivity contribution in [2.75, 3.05) is 47.5 Å². The van der Waals surface area contributed by atoms with Crippen LogP contribution in [-0.2, 0) is 33.3 Å². The van der Waals surface area contributed by atoms with Crippen molar-refractivity contribution in [3.05, 3.63) is 36.5 Å². The monoisotopic (exact) mass is 1110 g/mol. The number of hydrogen-bond donors (Lipinski definition) is 0. The van der Waals surface area contributed by atoms with Crippen molar-refractivity contribution in [3.8, 4) is 0 Å². The molecule has 2 unspecified atom stereocenters. The largest absolute Gasteiger partial charge is 0.545 e. The number of unbranched alkanes of at least 4 members (excludes halogenated alkanes) is 43. The summed E-state index contributed by atoms with van der Waals surface area (Å²) in [5.74, 6) is -2.27. The summed E-state index contributed by atoms with van der Waals surface area (Å²) in [5, 5.41) is 11.8. The van der Waals surface area contributed by atoms with Gasteiger partial charge in [-0.1, -0.05) is 288 Å². The number of carboxylic acids is 1. The Morgan fingerprint density at radius 2 is 0.684 bits per heavy atom. The van der Waals surface area contributed by atoms with Crippen LogP contribution < -0.4 is 5.11 Å². The Hall–Kier alpha value is -2.49. The molecule has 9 heteroatoms. The second kappa shape index (κ2) is 61.6. The van der Waals surface area contributed by atoms with E-state index in [1.807, 2.05) is 21.1 Å². The SMILES string of the molecule is CCCCCCC/C=C\C/C=C\CCCCCCCCCCCCCCCCCCCCCCCCCCCCCC(=O)OC(COC(=O)CCCCCCC/C=C\CCCCCCCC)COC(OCC[N+](C)(C)C)C(=O)[O-]. The van der Waals surface area contributed by atoms with Crippen molar-refractivity contribution < 1.29 is 42.9 Å². The van der Waals surface area contributed by atoms with E-state index < -0.39 is 24.3 Å². The minimum Gasteiger partial charge on any atom is -0.545 e. The predicted molar refractivity (Wildman–Crippen MR) is 334 cm³/mol. The van der Waals surface area contributed by atoms with E-state index in [1.165, 1.54) is 244 Å². The highest BCUT2D eigenvalue weighted by Gasteiger charge is 2.22. The fraction of sp³-hybridized carbons (Fsp3) is 0.871. The first-order valence-corrected chi connectivity index (χ1v) is 34.1. The lowest BCUT2D eigenvalue weighted by Crippen LogP contribution is -2.44. The summed E-state index contributed by atoms with van der Waals surface area (Å²) in [4.78, 5) is 37.3. The quantitative estimate of drug-likeness (QED) is 0.0195. The summed E-state index contributed by atoms with van der Waals surface area (Å²) in [6.45, 7) is 4.77. The molecule has 0 amide bonds. The van der Waals surface area contributed by atoms with Gasteiger partial charge in [-0.25, -0.2) is 0 Å². The zero-order chi connectivity index (χ0) is 57.6. The molecule has 0 N–H and O–H groups in total. The number of likely N-dealkylation sites (N-methyl/N-ethyl adjacent to an activating group) is 1. The second-order valence-electron chi connectivity index (χ2n) is 24.5. The molecule has 2 atom stereocenters. The maximum atomic E-state index is 12.9. The molecule has 0 saturated heterocycles.